The Labute approximate surface area is 122 Å². The Kier molecular flexibility index (Phi) is 3.81. The average Bonchev–Trinajstić information content (AvgIpc) is 2.97. The summed E-state index contributed by atoms with van der Waals surface area (Å²) < 4.78 is 24.6. The molecule has 1 aliphatic rings. The maximum atomic E-state index is 13.0. The van der Waals surface area contributed by atoms with Crippen LogP contribution in [0.5, 0.6) is 17.2 Å². The van der Waals surface area contributed by atoms with E-state index in [0.717, 1.165) is 17.7 Å². The van der Waals surface area contributed by atoms with Crippen LogP contribution < -0.4 is 9.47 Å². The number of hydrogen-bond acceptors (Lipinski definition) is 4. The van der Waals surface area contributed by atoms with Gasteiger partial charge in [-0.2, -0.15) is 10.2 Å². The molecule has 0 aliphatic carbocycles. The topological polar surface area (TPSA) is 43.2 Å². The molecule has 0 saturated heterocycles. The Morgan fingerprint density at radius 3 is 2.71 bits per heavy atom. The van der Waals surface area contributed by atoms with Crippen molar-refractivity contribution in [1.82, 2.24) is 0 Å². The predicted octanol–water partition coefficient (Wildman–Crippen LogP) is 5.00. The molecule has 5 heteroatoms. The highest BCUT2D eigenvalue weighted by molar-refractivity contribution is 5.62. The molecule has 108 valence electrons. The summed E-state index contributed by atoms with van der Waals surface area (Å²) in [5, 5.41) is 8.09. The second kappa shape index (κ2) is 5.91. The van der Waals surface area contributed by atoms with Gasteiger partial charge in [-0.1, -0.05) is 6.92 Å². The molecule has 0 aromatic heterocycles. The lowest BCUT2D eigenvalue weighted by Crippen LogP contribution is -1.99. The lowest BCUT2D eigenvalue weighted by molar-refractivity contribution is 0.301. The van der Waals surface area contributed by atoms with Crippen molar-refractivity contribution in [2.45, 2.75) is 19.9 Å². The molecule has 0 N–H and O–H groups in total. The number of benzene rings is 2. The molecule has 0 spiro atoms. The average molecular weight is 286 g/mol. The minimum absolute atomic E-state index is 0.298. The van der Waals surface area contributed by atoms with E-state index in [1.807, 2.05) is 19.1 Å². The van der Waals surface area contributed by atoms with Crippen molar-refractivity contribution in [2.75, 3.05) is 6.61 Å². The monoisotopic (exact) mass is 286 g/mol. The lowest BCUT2D eigenvalue weighted by atomic mass is 10.1. The van der Waals surface area contributed by atoms with Gasteiger partial charge in [-0.25, -0.2) is 4.39 Å². The van der Waals surface area contributed by atoms with E-state index in [1.165, 1.54) is 12.1 Å². The maximum Gasteiger partial charge on any atom is 0.176 e. The molecule has 0 saturated carbocycles. The summed E-state index contributed by atoms with van der Waals surface area (Å²) in [7, 11) is 0. The minimum Gasteiger partial charge on any atom is -0.490 e. The van der Waals surface area contributed by atoms with Gasteiger partial charge in [-0.3, -0.25) is 0 Å². The molecule has 4 nitrogen and oxygen atoms in total. The lowest BCUT2D eigenvalue weighted by Gasteiger charge is -2.15. The minimum atomic E-state index is -0.298. The summed E-state index contributed by atoms with van der Waals surface area (Å²) in [6, 6.07) is 9.59. The van der Waals surface area contributed by atoms with Crippen molar-refractivity contribution in [1.29, 1.82) is 0 Å². The van der Waals surface area contributed by atoms with Gasteiger partial charge in [-0.15, -0.1) is 0 Å². The third-order valence-electron chi connectivity index (χ3n) is 3.10. The SMILES string of the molecule is CCCOc1ccc2c(c1Oc1ccc(F)cc1)CN=N2. The quantitative estimate of drug-likeness (QED) is 0.775. The van der Waals surface area contributed by atoms with Crippen LogP contribution in [-0.4, -0.2) is 6.61 Å². The number of nitrogens with zero attached hydrogens (tertiary/aromatic N) is 2. The van der Waals surface area contributed by atoms with Gasteiger partial charge < -0.3 is 9.47 Å². The van der Waals surface area contributed by atoms with E-state index in [2.05, 4.69) is 10.2 Å². The van der Waals surface area contributed by atoms with E-state index in [4.69, 9.17) is 9.47 Å². The van der Waals surface area contributed by atoms with Crippen LogP contribution in [0, 0.1) is 5.82 Å². The third kappa shape index (κ3) is 2.86. The van der Waals surface area contributed by atoms with Gasteiger partial charge in [0.1, 0.15) is 11.6 Å². The van der Waals surface area contributed by atoms with Crippen molar-refractivity contribution in [3.8, 4) is 17.2 Å². The highest BCUT2D eigenvalue weighted by Crippen LogP contribution is 2.43. The summed E-state index contributed by atoms with van der Waals surface area (Å²) in [4.78, 5) is 0. The zero-order chi connectivity index (χ0) is 14.7. The molecular weight excluding hydrogens is 271 g/mol. The van der Waals surface area contributed by atoms with E-state index in [-0.39, 0.29) is 5.82 Å². The first-order valence-electron chi connectivity index (χ1n) is 6.87. The van der Waals surface area contributed by atoms with E-state index < -0.39 is 0 Å². The van der Waals surface area contributed by atoms with Crippen LogP contribution in [0.25, 0.3) is 0 Å². The fourth-order valence-electron chi connectivity index (χ4n) is 2.08. The van der Waals surface area contributed by atoms with Crippen molar-refractivity contribution < 1.29 is 13.9 Å². The molecule has 21 heavy (non-hydrogen) atoms. The van der Waals surface area contributed by atoms with Crippen LogP contribution in [0.3, 0.4) is 0 Å². The molecule has 1 aliphatic heterocycles. The van der Waals surface area contributed by atoms with Crippen molar-refractivity contribution in [3.63, 3.8) is 0 Å². The second-order valence-corrected chi connectivity index (χ2v) is 4.69. The van der Waals surface area contributed by atoms with Gasteiger partial charge in [0.25, 0.3) is 0 Å². The fourth-order valence-corrected chi connectivity index (χ4v) is 2.08. The van der Waals surface area contributed by atoms with Gasteiger partial charge >= 0.3 is 0 Å². The smallest absolute Gasteiger partial charge is 0.176 e. The molecule has 2 aromatic carbocycles. The van der Waals surface area contributed by atoms with Crippen molar-refractivity contribution in [2.24, 2.45) is 10.2 Å². The van der Waals surface area contributed by atoms with Gasteiger partial charge in [0.05, 0.1) is 18.8 Å². The van der Waals surface area contributed by atoms with Gasteiger partial charge in [-0.05, 0) is 42.8 Å². The van der Waals surface area contributed by atoms with Crippen LogP contribution in [0.15, 0.2) is 46.6 Å². The van der Waals surface area contributed by atoms with Crippen LogP contribution in [0.4, 0.5) is 10.1 Å². The predicted molar refractivity (Wildman–Crippen MR) is 76.9 cm³/mol. The number of halogens is 1. The van der Waals surface area contributed by atoms with Crippen LogP contribution in [0.1, 0.15) is 18.9 Å². The summed E-state index contributed by atoms with van der Waals surface area (Å²) in [6.45, 7) is 3.11. The number of azo groups is 1. The molecule has 0 atom stereocenters. The number of rotatable bonds is 5. The Morgan fingerprint density at radius 2 is 1.95 bits per heavy atom. The zero-order valence-electron chi connectivity index (χ0n) is 11.7. The molecule has 1 heterocycles. The molecule has 3 rings (SSSR count). The third-order valence-corrected chi connectivity index (χ3v) is 3.10. The van der Waals surface area contributed by atoms with Crippen LogP contribution >= 0.6 is 0 Å². The molecule has 0 bridgehead atoms. The first kappa shape index (κ1) is 13.5. The molecule has 0 unspecified atom stereocenters. The number of ether oxygens (including phenoxy) is 2. The fraction of sp³-hybridized carbons (Fsp3) is 0.250. The van der Waals surface area contributed by atoms with E-state index in [1.54, 1.807) is 12.1 Å². The van der Waals surface area contributed by atoms with Gasteiger partial charge in [0.15, 0.2) is 11.5 Å². The largest absolute Gasteiger partial charge is 0.490 e. The molecule has 0 radical (unpaired) electrons. The highest BCUT2D eigenvalue weighted by atomic mass is 19.1. The zero-order valence-corrected chi connectivity index (χ0v) is 11.7. The number of hydrogen-bond donors (Lipinski definition) is 0. The van der Waals surface area contributed by atoms with E-state index >= 15 is 0 Å². The Morgan fingerprint density at radius 1 is 1.14 bits per heavy atom. The Bertz CT molecular complexity index is 669. The highest BCUT2D eigenvalue weighted by Gasteiger charge is 2.20. The maximum absolute atomic E-state index is 13.0. The van der Waals surface area contributed by atoms with Crippen LogP contribution in [-0.2, 0) is 6.54 Å². The van der Waals surface area contributed by atoms with Crippen LogP contribution in [0.2, 0.25) is 0 Å². The molecular formula is C16H15FN2O2. The van der Waals surface area contributed by atoms with Gasteiger partial charge in [0.2, 0.25) is 0 Å². The Hall–Kier alpha value is -2.43. The molecule has 2 aromatic rings. The van der Waals surface area contributed by atoms with Crippen molar-refractivity contribution >= 4 is 5.69 Å². The standard InChI is InChI=1S/C16H15FN2O2/c1-2-9-20-15-8-7-14-13(10-18-19-14)16(15)21-12-5-3-11(17)4-6-12/h3-8H,2,9-10H2,1H3. The normalized spacial score (nSPS) is 12.3. The van der Waals surface area contributed by atoms with E-state index in [0.29, 0.717) is 30.4 Å². The van der Waals surface area contributed by atoms with Gasteiger partial charge in [0, 0.05) is 5.56 Å². The first-order valence-corrected chi connectivity index (χ1v) is 6.87. The Balaban J connectivity index is 1.94. The second-order valence-electron chi connectivity index (χ2n) is 4.69. The molecule has 0 amide bonds. The summed E-state index contributed by atoms with van der Waals surface area (Å²) in [6.07, 6.45) is 0.905. The number of fused-ring (bicyclic) bond motifs is 1. The van der Waals surface area contributed by atoms with E-state index in [9.17, 15) is 4.39 Å². The molecule has 0 fully saturated rings. The summed E-state index contributed by atoms with van der Waals surface area (Å²) in [5.74, 6) is 1.52. The van der Waals surface area contributed by atoms with Crippen molar-refractivity contribution in [3.05, 3.63) is 47.8 Å². The summed E-state index contributed by atoms with van der Waals surface area (Å²) >= 11 is 0. The first-order chi connectivity index (χ1) is 10.3. The summed E-state index contributed by atoms with van der Waals surface area (Å²) in [5.41, 5.74) is 1.68.